The van der Waals surface area contributed by atoms with Gasteiger partial charge in [-0.15, -0.1) is 0 Å². The fourth-order valence-electron chi connectivity index (χ4n) is 4.79. The number of hydrogen-bond donors (Lipinski definition) is 0. The van der Waals surface area contributed by atoms with E-state index < -0.39 is 36.6 Å². The molecule has 2 saturated heterocycles. The summed E-state index contributed by atoms with van der Waals surface area (Å²) in [6, 6.07) is 21.3. The standard InChI is InChI=1S/C32H44B2O4/c1-29(2)30(3,4)36-33(35-29)23-27(21-19-25-15-11-9-12-16-25)28(22-20-26-17-13-10-14-18-26)24-34-37-31(5,6)32(7,8)38-34/h9-18,23-24H,19-22H2,1-8H3/b27-23+,28-24+. The van der Waals surface area contributed by atoms with Crippen molar-refractivity contribution in [2.45, 2.75) is 103 Å². The van der Waals surface area contributed by atoms with Crippen molar-refractivity contribution in [2.24, 2.45) is 0 Å². The highest BCUT2D eigenvalue weighted by molar-refractivity contribution is 6.53. The van der Waals surface area contributed by atoms with Gasteiger partial charge in [-0.2, -0.15) is 0 Å². The van der Waals surface area contributed by atoms with Gasteiger partial charge in [-0.1, -0.05) is 83.8 Å². The first-order chi connectivity index (χ1) is 17.8. The summed E-state index contributed by atoms with van der Waals surface area (Å²) in [5.41, 5.74) is 3.50. The SMILES string of the molecule is CC1(C)OB(/C=C(CCc2ccccc2)/C(=C/B2OC(C)(C)C(C)(C)O2)CCc2ccccc2)OC1(C)C. The second kappa shape index (κ2) is 11.2. The lowest BCUT2D eigenvalue weighted by Crippen LogP contribution is -2.41. The summed E-state index contributed by atoms with van der Waals surface area (Å²) in [5, 5.41) is 0. The highest BCUT2D eigenvalue weighted by Gasteiger charge is 2.51. The molecule has 2 aromatic carbocycles. The van der Waals surface area contributed by atoms with Gasteiger partial charge in [-0.25, -0.2) is 0 Å². The third-order valence-electron chi connectivity index (χ3n) is 8.68. The second-order valence-electron chi connectivity index (χ2n) is 12.6. The number of hydrogen-bond acceptors (Lipinski definition) is 4. The molecule has 202 valence electrons. The molecule has 0 aliphatic carbocycles. The Morgan fingerprint density at radius 2 is 0.816 bits per heavy atom. The van der Waals surface area contributed by atoms with Crippen LogP contribution in [0.2, 0.25) is 0 Å². The van der Waals surface area contributed by atoms with Crippen LogP contribution in [0.3, 0.4) is 0 Å². The molecule has 0 amide bonds. The lowest BCUT2D eigenvalue weighted by molar-refractivity contribution is 0.00578. The summed E-state index contributed by atoms with van der Waals surface area (Å²) in [4.78, 5) is 0. The molecule has 0 bridgehead atoms. The van der Waals surface area contributed by atoms with Crippen LogP contribution >= 0.6 is 0 Å². The van der Waals surface area contributed by atoms with Crippen LogP contribution in [0.4, 0.5) is 0 Å². The predicted octanol–water partition coefficient (Wildman–Crippen LogP) is 7.37. The monoisotopic (exact) mass is 514 g/mol. The average molecular weight is 514 g/mol. The predicted molar refractivity (Wildman–Crippen MR) is 158 cm³/mol. The van der Waals surface area contributed by atoms with Crippen molar-refractivity contribution in [2.75, 3.05) is 0 Å². The van der Waals surface area contributed by atoms with E-state index in [9.17, 15) is 0 Å². The Hall–Kier alpha value is -2.11. The summed E-state index contributed by atoms with van der Waals surface area (Å²) < 4.78 is 25.6. The molecule has 2 aliphatic rings. The Balaban J connectivity index is 1.68. The van der Waals surface area contributed by atoms with E-state index in [1.807, 2.05) is 0 Å². The van der Waals surface area contributed by atoms with E-state index in [1.54, 1.807) is 0 Å². The molecule has 2 aliphatic heterocycles. The molecular weight excluding hydrogens is 470 g/mol. The minimum Gasteiger partial charge on any atom is -0.400 e. The van der Waals surface area contributed by atoms with Gasteiger partial charge >= 0.3 is 14.2 Å². The topological polar surface area (TPSA) is 36.9 Å². The molecule has 2 aromatic rings. The maximum absolute atomic E-state index is 6.41. The molecular formula is C32H44B2O4. The van der Waals surface area contributed by atoms with Crippen LogP contribution in [0.25, 0.3) is 0 Å². The van der Waals surface area contributed by atoms with E-state index in [-0.39, 0.29) is 0 Å². The first-order valence-electron chi connectivity index (χ1n) is 14.0. The third kappa shape index (κ3) is 6.71. The van der Waals surface area contributed by atoms with E-state index >= 15 is 0 Å². The zero-order chi connectivity index (χ0) is 27.6. The van der Waals surface area contributed by atoms with Crippen LogP contribution in [0.15, 0.2) is 83.8 Å². The fourth-order valence-corrected chi connectivity index (χ4v) is 4.79. The van der Waals surface area contributed by atoms with Crippen LogP contribution in [0.1, 0.15) is 79.4 Å². The number of rotatable bonds is 9. The minimum atomic E-state index is -0.413. The smallest absolute Gasteiger partial charge is 0.400 e. The molecule has 4 nitrogen and oxygen atoms in total. The number of benzene rings is 2. The van der Waals surface area contributed by atoms with Gasteiger partial charge in [0, 0.05) is 0 Å². The summed E-state index contributed by atoms with van der Waals surface area (Å²) >= 11 is 0. The molecule has 0 spiro atoms. The first kappa shape index (κ1) is 28.9. The summed E-state index contributed by atoms with van der Waals surface area (Å²) in [6.07, 6.45) is 3.60. The van der Waals surface area contributed by atoms with E-state index in [0.717, 1.165) is 25.7 Å². The quantitative estimate of drug-likeness (QED) is 0.259. The molecule has 2 heterocycles. The van der Waals surface area contributed by atoms with Gasteiger partial charge in [0.2, 0.25) is 0 Å². The Labute approximate surface area is 231 Å². The zero-order valence-corrected chi connectivity index (χ0v) is 24.5. The molecule has 0 aromatic heterocycles. The molecule has 0 unspecified atom stereocenters. The fraction of sp³-hybridized carbons (Fsp3) is 0.500. The Bertz CT molecular complexity index is 1010. The largest absolute Gasteiger partial charge is 0.487 e. The average Bonchev–Trinajstić information content (AvgIpc) is 3.18. The van der Waals surface area contributed by atoms with Crippen LogP contribution in [-0.4, -0.2) is 36.6 Å². The van der Waals surface area contributed by atoms with Gasteiger partial charge < -0.3 is 18.6 Å². The normalized spacial score (nSPS) is 22.2. The Morgan fingerprint density at radius 3 is 1.11 bits per heavy atom. The number of allylic oxidation sites excluding steroid dienone is 2. The lowest BCUT2D eigenvalue weighted by atomic mass is 9.77. The maximum atomic E-state index is 6.41. The van der Waals surface area contributed by atoms with Crippen molar-refractivity contribution < 1.29 is 18.6 Å². The molecule has 4 rings (SSSR count). The molecule has 0 N–H and O–H groups in total. The molecule has 2 fully saturated rings. The van der Waals surface area contributed by atoms with Crippen molar-refractivity contribution >= 4 is 14.2 Å². The minimum absolute atomic E-state index is 0.391. The summed E-state index contributed by atoms with van der Waals surface area (Å²) in [7, 11) is -0.826. The number of aryl methyl sites for hydroxylation is 2. The van der Waals surface area contributed by atoms with Crippen molar-refractivity contribution in [1.29, 1.82) is 0 Å². The van der Waals surface area contributed by atoms with E-state index in [4.69, 9.17) is 18.6 Å². The van der Waals surface area contributed by atoms with Gasteiger partial charge in [0.1, 0.15) is 0 Å². The van der Waals surface area contributed by atoms with Gasteiger partial charge in [0.15, 0.2) is 0 Å². The molecule has 6 heteroatoms. The second-order valence-corrected chi connectivity index (χ2v) is 12.6. The van der Waals surface area contributed by atoms with E-state index in [1.165, 1.54) is 22.3 Å². The Morgan fingerprint density at radius 1 is 0.526 bits per heavy atom. The molecule has 0 radical (unpaired) electrons. The Kier molecular flexibility index (Phi) is 8.49. The lowest BCUT2D eigenvalue weighted by Gasteiger charge is -2.32. The molecule has 0 atom stereocenters. The molecule has 38 heavy (non-hydrogen) atoms. The van der Waals surface area contributed by atoms with Gasteiger partial charge in [0.25, 0.3) is 0 Å². The van der Waals surface area contributed by atoms with Crippen molar-refractivity contribution in [1.82, 2.24) is 0 Å². The van der Waals surface area contributed by atoms with E-state index in [0.29, 0.717) is 0 Å². The van der Waals surface area contributed by atoms with Crippen LogP contribution < -0.4 is 0 Å². The summed E-state index contributed by atoms with van der Waals surface area (Å²) in [6.45, 7) is 16.8. The third-order valence-corrected chi connectivity index (χ3v) is 8.68. The van der Waals surface area contributed by atoms with Gasteiger partial charge in [0.05, 0.1) is 22.4 Å². The van der Waals surface area contributed by atoms with Crippen molar-refractivity contribution in [3.8, 4) is 0 Å². The first-order valence-corrected chi connectivity index (χ1v) is 14.0. The van der Waals surface area contributed by atoms with E-state index in [2.05, 4.69) is 128 Å². The van der Waals surface area contributed by atoms with Gasteiger partial charge in [-0.3, -0.25) is 0 Å². The van der Waals surface area contributed by atoms with Crippen LogP contribution in [0.5, 0.6) is 0 Å². The zero-order valence-electron chi connectivity index (χ0n) is 24.5. The van der Waals surface area contributed by atoms with Crippen molar-refractivity contribution in [3.05, 3.63) is 94.9 Å². The summed E-state index contributed by atoms with van der Waals surface area (Å²) in [5.74, 6) is 4.36. The maximum Gasteiger partial charge on any atom is 0.487 e. The van der Waals surface area contributed by atoms with Crippen LogP contribution in [0, 0.1) is 0 Å². The van der Waals surface area contributed by atoms with Crippen LogP contribution in [-0.2, 0) is 31.5 Å². The van der Waals surface area contributed by atoms with Gasteiger partial charge in [-0.05, 0) is 92.2 Å². The highest BCUT2D eigenvalue weighted by Crippen LogP contribution is 2.40. The highest BCUT2D eigenvalue weighted by atomic mass is 16.7. The van der Waals surface area contributed by atoms with Crippen molar-refractivity contribution in [3.63, 3.8) is 0 Å². The molecule has 0 saturated carbocycles.